The second-order valence-electron chi connectivity index (χ2n) is 7.51. The summed E-state index contributed by atoms with van der Waals surface area (Å²) < 4.78 is 5.94. The molecule has 4 aromatic rings. The number of ether oxygens (including phenoxy) is 1. The molecule has 0 aliphatic carbocycles. The SMILES string of the molecule is CC1(N)CCN(c2cnc3c(Oc4ccnc(-c5nccs5)c4Cl)n[nH]c3n2)CC1. The van der Waals surface area contributed by atoms with Crippen LogP contribution in [0.15, 0.2) is 30.0 Å². The van der Waals surface area contributed by atoms with E-state index in [1.807, 2.05) is 5.38 Å². The Balaban J connectivity index is 1.41. The second kappa shape index (κ2) is 7.46. The quantitative estimate of drug-likeness (QED) is 0.491. The zero-order chi connectivity index (χ0) is 20.7. The van der Waals surface area contributed by atoms with Gasteiger partial charge in [0.2, 0.25) is 0 Å². The van der Waals surface area contributed by atoms with Crippen molar-refractivity contribution >= 4 is 39.9 Å². The molecule has 0 saturated carbocycles. The first-order valence-electron chi connectivity index (χ1n) is 9.47. The standard InChI is InChI=1S/C19H19ClN8OS/c1-19(21)3-7-28(8-4-19)12-10-24-15-16(25-12)26-27-17(15)29-11-2-5-22-14(13(11)20)18-23-6-9-30-18/h2,5-6,9-10H,3-4,7-8,21H2,1H3,(H,25,26,27). The Morgan fingerprint density at radius 1 is 1.23 bits per heavy atom. The van der Waals surface area contributed by atoms with Crippen molar-refractivity contribution in [3.8, 4) is 22.3 Å². The van der Waals surface area contributed by atoms with Crippen molar-refractivity contribution in [2.75, 3.05) is 18.0 Å². The first-order chi connectivity index (χ1) is 14.5. The Morgan fingerprint density at radius 2 is 2.07 bits per heavy atom. The first-order valence-corrected chi connectivity index (χ1v) is 10.7. The van der Waals surface area contributed by atoms with Gasteiger partial charge in [-0.3, -0.25) is 10.1 Å². The number of fused-ring (bicyclic) bond motifs is 1. The van der Waals surface area contributed by atoms with Crippen LogP contribution in [0.4, 0.5) is 5.82 Å². The van der Waals surface area contributed by atoms with Gasteiger partial charge in [-0.25, -0.2) is 15.0 Å². The molecule has 3 N–H and O–H groups in total. The highest BCUT2D eigenvalue weighted by Crippen LogP contribution is 2.37. The van der Waals surface area contributed by atoms with E-state index >= 15 is 0 Å². The lowest BCUT2D eigenvalue weighted by Gasteiger charge is -2.37. The lowest BCUT2D eigenvalue weighted by molar-refractivity contribution is 0.363. The molecule has 1 fully saturated rings. The Bertz CT molecular complexity index is 1180. The zero-order valence-corrected chi connectivity index (χ0v) is 17.7. The molecule has 0 bridgehead atoms. The van der Waals surface area contributed by atoms with Gasteiger partial charge < -0.3 is 15.4 Å². The number of anilines is 1. The molecular weight excluding hydrogens is 424 g/mol. The number of H-pyrrole nitrogens is 1. The molecule has 30 heavy (non-hydrogen) atoms. The minimum Gasteiger partial charge on any atom is -0.434 e. The van der Waals surface area contributed by atoms with E-state index in [4.69, 9.17) is 22.1 Å². The predicted molar refractivity (Wildman–Crippen MR) is 116 cm³/mol. The lowest BCUT2D eigenvalue weighted by atomic mass is 9.91. The van der Waals surface area contributed by atoms with Crippen molar-refractivity contribution in [2.24, 2.45) is 5.73 Å². The number of aromatic nitrogens is 6. The van der Waals surface area contributed by atoms with E-state index in [1.165, 1.54) is 11.3 Å². The number of rotatable bonds is 4. The van der Waals surface area contributed by atoms with Crippen LogP contribution in [0.3, 0.4) is 0 Å². The van der Waals surface area contributed by atoms with Crippen LogP contribution in [-0.4, -0.2) is 48.8 Å². The summed E-state index contributed by atoms with van der Waals surface area (Å²) in [5.41, 5.74) is 7.75. The fraction of sp³-hybridized carbons (Fsp3) is 0.316. The summed E-state index contributed by atoms with van der Waals surface area (Å²) in [4.78, 5) is 19.9. The van der Waals surface area contributed by atoms with Gasteiger partial charge in [0.15, 0.2) is 16.9 Å². The molecule has 0 unspecified atom stereocenters. The summed E-state index contributed by atoms with van der Waals surface area (Å²) in [5.74, 6) is 1.52. The summed E-state index contributed by atoms with van der Waals surface area (Å²) in [6, 6.07) is 1.68. The zero-order valence-electron chi connectivity index (χ0n) is 16.2. The highest BCUT2D eigenvalue weighted by molar-refractivity contribution is 7.13. The number of piperidine rings is 1. The molecule has 0 spiro atoms. The molecule has 1 saturated heterocycles. The van der Waals surface area contributed by atoms with Crippen LogP contribution in [0, 0.1) is 0 Å². The average Bonchev–Trinajstić information content (AvgIpc) is 3.40. The number of hydrogen-bond acceptors (Lipinski definition) is 9. The van der Waals surface area contributed by atoms with Gasteiger partial charge in [-0.05, 0) is 19.8 Å². The van der Waals surface area contributed by atoms with Crippen molar-refractivity contribution in [1.29, 1.82) is 0 Å². The summed E-state index contributed by atoms with van der Waals surface area (Å²) in [6.45, 7) is 3.77. The fourth-order valence-electron chi connectivity index (χ4n) is 3.34. The average molecular weight is 443 g/mol. The number of aromatic amines is 1. The maximum Gasteiger partial charge on any atom is 0.266 e. The van der Waals surface area contributed by atoms with E-state index in [1.54, 1.807) is 24.7 Å². The molecule has 1 aliphatic rings. The Morgan fingerprint density at radius 3 is 2.83 bits per heavy atom. The normalized spacial score (nSPS) is 16.2. The molecule has 9 nitrogen and oxygen atoms in total. The van der Waals surface area contributed by atoms with Gasteiger partial charge in [0.25, 0.3) is 5.88 Å². The third kappa shape index (κ3) is 3.57. The van der Waals surface area contributed by atoms with Gasteiger partial charge in [0.1, 0.15) is 21.5 Å². The van der Waals surface area contributed by atoms with Gasteiger partial charge in [0.05, 0.1) is 6.20 Å². The van der Waals surface area contributed by atoms with Gasteiger partial charge in [0, 0.05) is 42.5 Å². The summed E-state index contributed by atoms with van der Waals surface area (Å²) in [7, 11) is 0. The Hall–Kier alpha value is -2.82. The van der Waals surface area contributed by atoms with E-state index < -0.39 is 0 Å². The van der Waals surface area contributed by atoms with Crippen LogP contribution in [0.5, 0.6) is 11.6 Å². The molecule has 4 aromatic heterocycles. The highest BCUT2D eigenvalue weighted by Gasteiger charge is 2.27. The van der Waals surface area contributed by atoms with E-state index in [2.05, 4.69) is 42.0 Å². The summed E-state index contributed by atoms with van der Waals surface area (Å²) in [5, 5.41) is 10.1. The molecule has 5 heterocycles. The summed E-state index contributed by atoms with van der Waals surface area (Å²) >= 11 is 7.96. The largest absolute Gasteiger partial charge is 0.434 e. The van der Waals surface area contributed by atoms with Crippen molar-refractivity contribution < 1.29 is 4.74 Å². The van der Waals surface area contributed by atoms with Crippen molar-refractivity contribution in [3.63, 3.8) is 0 Å². The number of nitrogens with one attached hydrogen (secondary N) is 1. The second-order valence-corrected chi connectivity index (χ2v) is 8.78. The summed E-state index contributed by atoms with van der Waals surface area (Å²) in [6.07, 6.45) is 6.88. The van der Waals surface area contributed by atoms with Gasteiger partial charge in [-0.15, -0.1) is 16.4 Å². The minimum atomic E-state index is -0.121. The molecule has 0 atom stereocenters. The number of thiazole rings is 1. The number of pyridine rings is 1. The van der Waals surface area contributed by atoms with Crippen LogP contribution in [0.1, 0.15) is 19.8 Å². The Labute approximate surface area is 181 Å². The first kappa shape index (κ1) is 19.2. The van der Waals surface area contributed by atoms with Gasteiger partial charge in [-0.2, -0.15) is 0 Å². The van der Waals surface area contributed by atoms with E-state index in [-0.39, 0.29) is 5.54 Å². The van der Waals surface area contributed by atoms with Crippen LogP contribution in [0.25, 0.3) is 21.9 Å². The number of hydrogen-bond donors (Lipinski definition) is 2. The molecular formula is C19H19ClN8OS. The third-order valence-electron chi connectivity index (χ3n) is 5.15. The Kier molecular flexibility index (Phi) is 4.76. The van der Waals surface area contributed by atoms with Gasteiger partial charge in [-0.1, -0.05) is 11.6 Å². The molecule has 1 aliphatic heterocycles. The van der Waals surface area contributed by atoms with E-state index in [9.17, 15) is 0 Å². The minimum absolute atomic E-state index is 0.121. The van der Waals surface area contributed by atoms with E-state index in [0.29, 0.717) is 33.5 Å². The van der Waals surface area contributed by atoms with Crippen LogP contribution < -0.4 is 15.4 Å². The highest BCUT2D eigenvalue weighted by atomic mass is 35.5. The molecule has 0 aromatic carbocycles. The monoisotopic (exact) mass is 442 g/mol. The van der Waals surface area contributed by atoms with Crippen molar-refractivity contribution in [3.05, 3.63) is 35.1 Å². The number of halogens is 1. The smallest absolute Gasteiger partial charge is 0.266 e. The van der Waals surface area contributed by atoms with E-state index in [0.717, 1.165) is 36.8 Å². The molecule has 0 amide bonds. The molecule has 11 heteroatoms. The lowest BCUT2D eigenvalue weighted by Crippen LogP contribution is -2.48. The van der Waals surface area contributed by atoms with Crippen LogP contribution in [0.2, 0.25) is 5.02 Å². The topological polar surface area (TPSA) is 119 Å². The fourth-order valence-corrected chi connectivity index (χ4v) is 4.27. The van der Waals surface area contributed by atoms with Crippen molar-refractivity contribution in [2.45, 2.75) is 25.3 Å². The molecule has 5 rings (SSSR count). The maximum absolute atomic E-state index is 6.51. The van der Waals surface area contributed by atoms with Gasteiger partial charge >= 0.3 is 0 Å². The maximum atomic E-state index is 6.51. The van der Waals surface area contributed by atoms with Crippen LogP contribution >= 0.6 is 22.9 Å². The van der Waals surface area contributed by atoms with Crippen molar-refractivity contribution in [1.82, 2.24) is 30.1 Å². The predicted octanol–water partition coefficient (Wildman–Crippen LogP) is 3.63. The van der Waals surface area contributed by atoms with Crippen LogP contribution in [-0.2, 0) is 0 Å². The third-order valence-corrected chi connectivity index (χ3v) is 6.30. The molecule has 154 valence electrons. The number of nitrogens with two attached hydrogens (primary N) is 1. The molecule has 0 radical (unpaired) electrons. The number of nitrogens with zero attached hydrogens (tertiary/aromatic N) is 6.